The maximum absolute atomic E-state index is 12.3. The summed E-state index contributed by atoms with van der Waals surface area (Å²) in [6, 6.07) is 18.4. The molecule has 0 aromatic heterocycles. The number of hydrazone groups is 1. The number of hydrogen-bond donors (Lipinski definition) is 3. The molecule has 132 valence electrons. The van der Waals surface area contributed by atoms with Crippen LogP contribution in [0.25, 0.3) is 10.8 Å². The van der Waals surface area contributed by atoms with Gasteiger partial charge in [-0.2, -0.15) is 5.10 Å². The molecule has 0 aliphatic heterocycles. The van der Waals surface area contributed by atoms with E-state index in [0.717, 1.165) is 20.9 Å². The minimum Gasteiger partial charge on any atom is -0.507 e. The van der Waals surface area contributed by atoms with E-state index in [0.29, 0.717) is 5.56 Å². The van der Waals surface area contributed by atoms with Gasteiger partial charge in [-0.15, -0.1) is 0 Å². The highest BCUT2D eigenvalue weighted by atomic mass is 79.9. The molecular weight excluding hydrogens is 394 g/mol. The molecule has 0 heterocycles. The van der Waals surface area contributed by atoms with Gasteiger partial charge in [-0.1, -0.05) is 52.3 Å². The Bertz CT molecular complexity index is 967. The van der Waals surface area contributed by atoms with Gasteiger partial charge in [0.25, 0.3) is 5.91 Å². The molecule has 0 aliphatic rings. The molecule has 0 spiro atoms. The van der Waals surface area contributed by atoms with Gasteiger partial charge in [0, 0.05) is 21.1 Å². The van der Waals surface area contributed by atoms with Gasteiger partial charge in [0.15, 0.2) is 0 Å². The van der Waals surface area contributed by atoms with Crippen LogP contribution in [0.2, 0.25) is 0 Å². The van der Waals surface area contributed by atoms with Crippen LogP contribution in [0, 0.1) is 0 Å². The first kappa shape index (κ1) is 17.9. The van der Waals surface area contributed by atoms with Gasteiger partial charge in [0.2, 0.25) is 0 Å². The number of anilines is 1. The third-order valence-corrected chi connectivity index (χ3v) is 4.42. The van der Waals surface area contributed by atoms with Gasteiger partial charge in [-0.3, -0.25) is 4.79 Å². The predicted molar refractivity (Wildman–Crippen MR) is 109 cm³/mol. The Labute approximate surface area is 159 Å². The highest BCUT2D eigenvalue weighted by molar-refractivity contribution is 9.10. The monoisotopic (exact) mass is 411 g/mol. The maximum Gasteiger partial charge on any atom is 0.262 e. The number of amides is 1. The van der Waals surface area contributed by atoms with Crippen LogP contribution in [-0.4, -0.2) is 23.3 Å². The average Bonchev–Trinajstić information content (AvgIpc) is 2.64. The van der Waals surface area contributed by atoms with E-state index in [4.69, 9.17) is 0 Å². The lowest BCUT2D eigenvalue weighted by atomic mass is 10.1. The number of fused-ring (bicyclic) bond motifs is 1. The fraction of sp³-hybridized carbons (Fsp3) is 0.100. The summed E-state index contributed by atoms with van der Waals surface area (Å²) >= 11 is 3.33. The second kappa shape index (κ2) is 8.01. The minimum atomic E-state index is -0.478. The quantitative estimate of drug-likeness (QED) is 0.433. The molecule has 5 nitrogen and oxygen atoms in total. The third-order valence-electron chi connectivity index (χ3n) is 3.92. The van der Waals surface area contributed by atoms with Crippen molar-refractivity contribution >= 4 is 44.5 Å². The Morgan fingerprint density at radius 2 is 1.92 bits per heavy atom. The Morgan fingerprint density at radius 1 is 1.15 bits per heavy atom. The van der Waals surface area contributed by atoms with Gasteiger partial charge in [0.05, 0.1) is 6.21 Å². The maximum atomic E-state index is 12.3. The lowest BCUT2D eigenvalue weighted by Crippen LogP contribution is -2.34. The number of rotatable bonds is 5. The number of hydrogen-bond acceptors (Lipinski definition) is 4. The normalized spacial score (nSPS) is 12.2. The molecule has 1 unspecified atom stereocenters. The molecule has 0 saturated heterocycles. The van der Waals surface area contributed by atoms with Crippen LogP contribution in [0.15, 0.2) is 70.2 Å². The number of nitrogens with one attached hydrogen (secondary N) is 2. The van der Waals surface area contributed by atoms with E-state index in [9.17, 15) is 9.90 Å². The molecule has 0 aliphatic carbocycles. The van der Waals surface area contributed by atoms with Crippen LogP contribution < -0.4 is 10.7 Å². The number of aromatic hydroxyl groups is 1. The molecule has 3 N–H and O–H groups in total. The van der Waals surface area contributed by atoms with E-state index < -0.39 is 6.04 Å². The molecule has 0 fully saturated rings. The van der Waals surface area contributed by atoms with Gasteiger partial charge < -0.3 is 10.4 Å². The predicted octanol–water partition coefficient (Wildman–Crippen LogP) is 4.26. The van der Waals surface area contributed by atoms with Gasteiger partial charge in [0.1, 0.15) is 11.8 Å². The Morgan fingerprint density at radius 3 is 2.77 bits per heavy atom. The summed E-state index contributed by atoms with van der Waals surface area (Å²) in [6.07, 6.45) is 1.41. The number of halogens is 1. The summed E-state index contributed by atoms with van der Waals surface area (Å²) in [5.74, 6) is -0.184. The van der Waals surface area contributed by atoms with Crippen molar-refractivity contribution in [3.63, 3.8) is 0 Å². The first-order valence-electron chi connectivity index (χ1n) is 8.10. The van der Waals surface area contributed by atoms with Crippen LogP contribution >= 0.6 is 15.9 Å². The molecule has 1 atom stereocenters. The van der Waals surface area contributed by atoms with Crippen molar-refractivity contribution in [2.75, 3.05) is 5.32 Å². The van der Waals surface area contributed by atoms with Gasteiger partial charge in [-0.05, 0) is 36.6 Å². The molecule has 26 heavy (non-hydrogen) atoms. The number of carbonyl (C=O) groups excluding carboxylic acids is 1. The van der Waals surface area contributed by atoms with E-state index in [1.54, 1.807) is 25.1 Å². The van der Waals surface area contributed by atoms with Crippen molar-refractivity contribution in [1.82, 2.24) is 5.43 Å². The fourth-order valence-corrected chi connectivity index (χ4v) is 2.92. The summed E-state index contributed by atoms with van der Waals surface area (Å²) in [6.45, 7) is 1.77. The second-order valence-corrected chi connectivity index (χ2v) is 6.75. The molecule has 1 amide bonds. The van der Waals surface area contributed by atoms with Crippen LogP contribution in [-0.2, 0) is 4.79 Å². The van der Waals surface area contributed by atoms with Crippen molar-refractivity contribution in [3.8, 4) is 5.75 Å². The van der Waals surface area contributed by atoms with Crippen molar-refractivity contribution in [3.05, 3.63) is 70.7 Å². The zero-order valence-electron chi connectivity index (χ0n) is 14.1. The van der Waals surface area contributed by atoms with E-state index >= 15 is 0 Å². The van der Waals surface area contributed by atoms with Crippen LogP contribution in [0.3, 0.4) is 0 Å². The van der Waals surface area contributed by atoms with Crippen molar-refractivity contribution < 1.29 is 9.90 Å². The van der Waals surface area contributed by atoms with Crippen molar-refractivity contribution in [2.45, 2.75) is 13.0 Å². The Kier molecular flexibility index (Phi) is 5.53. The number of nitrogens with zero attached hydrogens (tertiary/aromatic N) is 1. The average molecular weight is 412 g/mol. The van der Waals surface area contributed by atoms with Crippen LogP contribution in [0.4, 0.5) is 5.69 Å². The van der Waals surface area contributed by atoms with E-state index in [1.807, 2.05) is 42.5 Å². The Hall–Kier alpha value is -2.86. The molecular formula is C20H18BrN3O2. The summed E-state index contributed by atoms with van der Waals surface area (Å²) in [5, 5.41) is 19.1. The van der Waals surface area contributed by atoms with Gasteiger partial charge >= 0.3 is 0 Å². The molecule has 0 bridgehead atoms. The second-order valence-electron chi connectivity index (χ2n) is 5.83. The summed E-state index contributed by atoms with van der Waals surface area (Å²) in [5.41, 5.74) is 3.88. The van der Waals surface area contributed by atoms with Gasteiger partial charge in [-0.25, -0.2) is 5.43 Å². The standard InChI is InChI=1S/C20H18BrN3O2/c1-13(23-18-8-4-6-14-5-2-3-7-17(14)18)20(26)24-22-12-15-11-16(21)9-10-19(15)25/h2-13,23,25H,1H3,(H,24,26). The molecule has 3 aromatic rings. The fourth-order valence-electron chi connectivity index (χ4n) is 2.54. The van der Waals surface area contributed by atoms with E-state index in [2.05, 4.69) is 31.8 Å². The van der Waals surface area contributed by atoms with E-state index in [-0.39, 0.29) is 11.7 Å². The summed E-state index contributed by atoms with van der Waals surface area (Å²) < 4.78 is 0.814. The lowest BCUT2D eigenvalue weighted by molar-refractivity contribution is -0.121. The first-order valence-corrected chi connectivity index (χ1v) is 8.89. The highest BCUT2D eigenvalue weighted by Gasteiger charge is 2.13. The SMILES string of the molecule is CC(Nc1cccc2ccccc12)C(=O)NN=Cc1cc(Br)ccc1O. The molecule has 3 rings (SSSR count). The third kappa shape index (κ3) is 4.21. The summed E-state index contributed by atoms with van der Waals surface area (Å²) in [4.78, 5) is 12.3. The molecule has 0 radical (unpaired) electrons. The zero-order chi connectivity index (χ0) is 18.5. The summed E-state index contributed by atoms with van der Waals surface area (Å²) in [7, 11) is 0. The topological polar surface area (TPSA) is 73.7 Å². The first-order chi connectivity index (χ1) is 12.5. The van der Waals surface area contributed by atoms with Crippen molar-refractivity contribution in [2.24, 2.45) is 5.10 Å². The molecule has 0 saturated carbocycles. The minimum absolute atomic E-state index is 0.0909. The van der Waals surface area contributed by atoms with Crippen molar-refractivity contribution in [1.29, 1.82) is 0 Å². The number of phenolic OH excluding ortho intramolecular Hbond substituents is 1. The zero-order valence-corrected chi connectivity index (χ0v) is 15.7. The highest BCUT2D eigenvalue weighted by Crippen LogP contribution is 2.23. The molecule has 6 heteroatoms. The molecule has 3 aromatic carbocycles. The van der Waals surface area contributed by atoms with E-state index in [1.165, 1.54) is 6.21 Å². The smallest absolute Gasteiger partial charge is 0.262 e. The lowest BCUT2D eigenvalue weighted by Gasteiger charge is -2.15. The number of phenols is 1. The van der Waals surface area contributed by atoms with Crippen LogP contribution in [0.1, 0.15) is 12.5 Å². The Balaban J connectivity index is 1.66. The largest absolute Gasteiger partial charge is 0.507 e. The van der Waals surface area contributed by atoms with Crippen LogP contribution in [0.5, 0.6) is 5.75 Å². The number of benzene rings is 3. The number of carbonyl (C=O) groups is 1.